The van der Waals surface area contributed by atoms with Crippen molar-refractivity contribution >= 4 is 29.0 Å². The predicted molar refractivity (Wildman–Crippen MR) is 100 cm³/mol. The van der Waals surface area contributed by atoms with E-state index in [1.54, 1.807) is 51.4 Å². The highest BCUT2D eigenvalue weighted by Crippen LogP contribution is 2.29. The van der Waals surface area contributed by atoms with Gasteiger partial charge in [0.1, 0.15) is 11.3 Å². The van der Waals surface area contributed by atoms with Crippen LogP contribution in [0.5, 0.6) is 0 Å². The third-order valence-electron chi connectivity index (χ3n) is 4.43. The number of nitrogens with one attached hydrogen (secondary N) is 2. The van der Waals surface area contributed by atoms with E-state index < -0.39 is 36.1 Å². The maximum Gasteiger partial charge on any atom is 0.327 e. The molecule has 0 saturated carbocycles. The van der Waals surface area contributed by atoms with Crippen LogP contribution >= 0.6 is 0 Å². The zero-order valence-electron chi connectivity index (χ0n) is 16.1. The second-order valence-electron chi connectivity index (χ2n) is 7.68. The minimum absolute atomic E-state index is 0.250. The highest BCUT2D eigenvalue weighted by Gasteiger charge is 2.42. The van der Waals surface area contributed by atoms with Gasteiger partial charge in [0.2, 0.25) is 0 Å². The van der Waals surface area contributed by atoms with Gasteiger partial charge in [-0.25, -0.2) is 14.7 Å². The minimum atomic E-state index is -1.01. The van der Waals surface area contributed by atoms with Crippen LogP contribution < -0.4 is 5.32 Å². The zero-order chi connectivity index (χ0) is 20.8. The first kappa shape index (κ1) is 18.7. The Labute approximate surface area is 165 Å². The number of imide groups is 1. The molecule has 0 spiro atoms. The second-order valence-corrected chi connectivity index (χ2v) is 7.68. The number of carbonyl (C=O) groups excluding carboxylic acids is 3. The number of ether oxygens (including phenoxy) is 1. The van der Waals surface area contributed by atoms with Gasteiger partial charge in [-0.2, -0.15) is 5.10 Å². The number of hydrogen-bond donors (Lipinski definition) is 2. The van der Waals surface area contributed by atoms with Crippen LogP contribution in [0, 0.1) is 5.41 Å². The normalized spacial score (nSPS) is 17.1. The quantitative estimate of drug-likeness (QED) is 0.510. The summed E-state index contributed by atoms with van der Waals surface area (Å²) >= 11 is 0. The molecule has 1 atom stereocenters. The van der Waals surface area contributed by atoms with E-state index in [0.717, 1.165) is 10.5 Å². The van der Waals surface area contributed by atoms with E-state index >= 15 is 0 Å². The van der Waals surface area contributed by atoms with Crippen molar-refractivity contribution in [3.8, 4) is 11.3 Å². The Bertz CT molecular complexity index is 1100. The topological polar surface area (TPSA) is 130 Å². The highest BCUT2D eigenvalue weighted by atomic mass is 16.5. The van der Waals surface area contributed by atoms with Crippen molar-refractivity contribution in [2.24, 2.45) is 5.41 Å². The predicted octanol–water partition coefficient (Wildman–Crippen LogP) is 2.36. The number of furan rings is 1. The average Bonchev–Trinajstić information content (AvgIpc) is 3.38. The number of hydrogen-bond acceptors (Lipinski definition) is 7. The number of esters is 1. The third kappa shape index (κ3) is 3.44. The SMILES string of the molecule is CC(C)(C)C(=O)OCN1C(=O)N[C@@H](c2cc3nc(-c4cn[nH]c4)ccc3o2)C1=O. The molecule has 1 aliphatic rings. The number of urea groups is 1. The molecule has 0 unspecified atom stereocenters. The average molecular weight is 397 g/mol. The van der Waals surface area contributed by atoms with Crippen molar-refractivity contribution in [3.05, 3.63) is 36.4 Å². The Hall–Kier alpha value is -3.69. The van der Waals surface area contributed by atoms with Crippen molar-refractivity contribution in [2.75, 3.05) is 6.73 Å². The van der Waals surface area contributed by atoms with Gasteiger partial charge in [0.05, 0.1) is 17.3 Å². The maximum atomic E-state index is 12.7. The number of pyridine rings is 1. The van der Waals surface area contributed by atoms with E-state index in [1.165, 1.54) is 0 Å². The van der Waals surface area contributed by atoms with Crippen LogP contribution in [-0.2, 0) is 14.3 Å². The summed E-state index contributed by atoms with van der Waals surface area (Å²) in [6, 6.07) is 3.44. The first-order valence-electron chi connectivity index (χ1n) is 8.93. The maximum absolute atomic E-state index is 12.7. The van der Waals surface area contributed by atoms with Gasteiger partial charge >= 0.3 is 12.0 Å². The summed E-state index contributed by atoms with van der Waals surface area (Å²) in [5, 5.41) is 9.17. The van der Waals surface area contributed by atoms with E-state index in [9.17, 15) is 14.4 Å². The van der Waals surface area contributed by atoms with E-state index in [1.807, 2.05) is 0 Å². The van der Waals surface area contributed by atoms with Crippen LogP contribution in [0.1, 0.15) is 32.6 Å². The van der Waals surface area contributed by atoms with Gasteiger partial charge in [-0.05, 0) is 32.9 Å². The molecule has 0 radical (unpaired) electrons. The molecule has 0 aromatic carbocycles. The summed E-state index contributed by atoms with van der Waals surface area (Å²) in [5.41, 5.74) is 1.78. The molecule has 150 valence electrons. The summed E-state index contributed by atoms with van der Waals surface area (Å²) < 4.78 is 10.8. The first-order chi connectivity index (χ1) is 13.7. The number of aromatic nitrogens is 3. The van der Waals surface area contributed by atoms with E-state index in [2.05, 4.69) is 20.5 Å². The van der Waals surface area contributed by atoms with Crippen LogP contribution in [0.25, 0.3) is 22.4 Å². The molecule has 3 aromatic heterocycles. The fraction of sp³-hybridized carbons (Fsp3) is 0.316. The monoisotopic (exact) mass is 397 g/mol. The summed E-state index contributed by atoms with van der Waals surface area (Å²) in [4.78, 5) is 42.1. The molecule has 0 aliphatic carbocycles. The van der Waals surface area contributed by atoms with E-state index in [-0.39, 0.29) is 5.76 Å². The molecule has 29 heavy (non-hydrogen) atoms. The van der Waals surface area contributed by atoms with Gasteiger partial charge < -0.3 is 14.5 Å². The van der Waals surface area contributed by atoms with Gasteiger partial charge in [0, 0.05) is 17.8 Å². The van der Waals surface area contributed by atoms with Crippen molar-refractivity contribution in [1.82, 2.24) is 25.4 Å². The summed E-state index contributed by atoms with van der Waals surface area (Å²) in [5.74, 6) is -0.827. The first-order valence-corrected chi connectivity index (χ1v) is 8.93. The molecular formula is C19H19N5O5. The lowest BCUT2D eigenvalue weighted by Crippen LogP contribution is -2.36. The Kier molecular flexibility index (Phi) is 4.33. The minimum Gasteiger partial charge on any atom is -0.457 e. The molecule has 10 heteroatoms. The Morgan fingerprint density at radius 1 is 1.31 bits per heavy atom. The Balaban J connectivity index is 1.54. The molecule has 1 aliphatic heterocycles. The van der Waals surface area contributed by atoms with Crippen molar-refractivity contribution in [1.29, 1.82) is 0 Å². The molecule has 1 saturated heterocycles. The lowest BCUT2D eigenvalue weighted by Gasteiger charge is -2.19. The van der Waals surface area contributed by atoms with E-state index in [0.29, 0.717) is 16.8 Å². The van der Waals surface area contributed by atoms with Gasteiger partial charge in [-0.1, -0.05) is 0 Å². The van der Waals surface area contributed by atoms with Crippen molar-refractivity contribution in [2.45, 2.75) is 26.8 Å². The summed E-state index contributed by atoms with van der Waals surface area (Å²) in [6.07, 6.45) is 3.36. The van der Waals surface area contributed by atoms with Crippen LogP contribution in [0.2, 0.25) is 0 Å². The van der Waals surface area contributed by atoms with Gasteiger partial charge in [-0.3, -0.25) is 14.7 Å². The standard InChI is InChI=1S/C19H19N5O5/c1-19(2,3)17(26)28-9-24-16(25)15(23-18(24)27)14-6-12-13(29-14)5-4-11(22-12)10-7-20-21-8-10/h4-8,15H,9H2,1-3H3,(H,20,21)(H,23,27)/t15-/m0/s1. The van der Waals surface area contributed by atoms with Crippen molar-refractivity contribution < 1.29 is 23.5 Å². The number of amides is 3. The van der Waals surface area contributed by atoms with Crippen LogP contribution in [0.15, 0.2) is 35.0 Å². The van der Waals surface area contributed by atoms with E-state index in [4.69, 9.17) is 9.15 Å². The summed E-state index contributed by atoms with van der Waals surface area (Å²) in [7, 11) is 0. The smallest absolute Gasteiger partial charge is 0.327 e. The van der Waals surface area contributed by atoms with Crippen LogP contribution in [0.4, 0.5) is 4.79 Å². The largest absolute Gasteiger partial charge is 0.457 e. The molecule has 10 nitrogen and oxygen atoms in total. The zero-order valence-corrected chi connectivity index (χ0v) is 16.1. The fourth-order valence-corrected chi connectivity index (χ4v) is 2.81. The number of carbonyl (C=O) groups is 3. The molecule has 3 aromatic rings. The van der Waals surface area contributed by atoms with Crippen LogP contribution in [0.3, 0.4) is 0 Å². The molecule has 3 amide bonds. The van der Waals surface area contributed by atoms with Gasteiger partial charge in [0.25, 0.3) is 5.91 Å². The molecule has 4 heterocycles. The van der Waals surface area contributed by atoms with Crippen LogP contribution in [-0.4, -0.2) is 44.7 Å². The molecule has 2 N–H and O–H groups in total. The lowest BCUT2D eigenvalue weighted by molar-refractivity contribution is -0.158. The Morgan fingerprint density at radius 2 is 2.10 bits per heavy atom. The number of H-pyrrole nitrogens is 1. The molecule has 0 bridgehead atoms. The highest BCUT2D eigenvalue weighted by molar-refractivity contribution is 6.04. The lowest BCUT2D eigenvalue weighted by atomic mass is 9.98. The number of nitrogens with zero attached hydrogens (tertiary/aromatic N) is 3. The summed E-state index contributed by atoms with van der Waals surface area (Å²) in [6.45, 7) is 4.59. The number of fused-ring (bicyclic) bond motifs is 1. The molecular weight excluding hydrogens is 378 g/mol. The fourth-order valence-electron chi connectivity index (χ4n) is 2.81. The second kappa shape index (κ2) is 6.73. The number of aromatic amines is 1. The van der Waals surface area contributed by atoms with Gasteiger partial charge in [-0.15, -0.1) is 0 Å². The van der Waals surface area contributed by atoms with Crippen molar-refractivity contribution in [3.63, 3.8) is 0 Å². The molecule has 1 fully saturated rings. The van der Waals surface area contributed by atoms with Gasteiger partial charge in [0.15, 0.2) is 18.4 Å². The number of rotatable bonds is 4. The molecule has 4 rings (SSSR count). The Morgan fingerprint density at radius 3 is 2.79 bits per heavy atom. The third-order valence-corrected chi connectivity index (χ3v) is 4.43.